The summed E-state index contributed by atoms with van der Waals surface area (Å²) in [5.74, 6) is 2.03. The van der Waals surface area contributed by atoms with E-state index < -0.39 is 0 Å². The third-order valence-electron chi connectivity index (χ3n) is 5.56. The zero-order valence-corrected chi connectivity index (χ0v) is 13.9. The number of rotatable bonds is 4. The molecular weight excluding hydrogens is 292 g/mol. The smallest absolute Gasteiger partial charge is 0.248 e. The van der Waals surface area contributed by atoms with Gasteiger partial charge in [0.2, 0.25) is 5.91 Å². The summed E-state index contributed by atoms with van der Waals surface area (Å²) >= 11 is 0. The van der Waals surface area contributed by atoms with Crippen LogP contribution in [0.5, 0.6) is 0 Å². The number of amides is 1. The Bertz CT molecular complexity index is 573. The van der Waals surface area contributed by atoms with Crippen LogP contribution in [0.1, 0.15) is 31.5 Å². The van der Waals surface area contributed by atoms with Crippen molar-refractivity contribution in [1.82, 2.24) is 19.4 Å². The van der Waals surface area contributed by atoms with Crippen LogP contribution in [-0.4, -0.2) is 63.6 Å². The molecule has 6 heteroatoms. The number of hydrogen-bond donors (Lipinski definition) is 0. The SMILES string of the molecule is Cn1ccnc1CN1CCC2(CC1)CN(CC1CC1)C(=O)CO2. The first kappa shape index (κ1) is 15.1. The van der Waals surface area contributed by atoms with Crippen molar-refractivity contribution < 1.29 is 9.53 Å². The van der Waals surface area contributed by atoms with E-state index in [1.54, 1.807) is 0 Å². The van der Waals surface area contributed by atoms with Crippen LogP contribution in [0.15, 0.2) is 12.4 Å². The van der Waals surface area contributed by atoms with E-state index in [4.69, 9.17) is 4.74 Å². The van der Waals surface area contributed by atoms with Crippen LogP contribution in [0.4, 0.5) is 0 Å². The molecule has 2 aliphatic heterocycles. The van der Waals surface area contributed by atoms with Gasteiger partial charge in [0, 0.05) is 45.6 Å². The van der Waals surface area contributed by atoms with Crippen molar-refractivity contribution in [3.8, 4) is 0 Å². The van der Waals surface area contributed by atoms with Gasteiger partial charge in [-0.25, -0.2) is 4.98 Å². The molecule has 1 spiro atoms. The average Bonchev–Trinajstić information content (AvgIpc) is 3.28. The van der Waals surface area contributed by atoms with Gasteiger partial charge in [0.25, 0.3) is 0 Å². The molecule has 3 fully saturated rings. The lowest BCUT2D eigenvalue weighted by molar-refractivity contribution is -0.172. The average molecular weight is 318 g/mol. The van der Waals surface area contributed by atoms with E-state index in [1.165, 1.54) is 12.8 Å². The predicted octanol–water partition coefficient (Wildman–Crippen LogP) is 1.02. The summed E-state index contributed by atoms with van der Waals surface area (Å²) in [5, 5.41) is 0. The summed E-state index contributed by atoms with van der Waals surface area (Å²) < 4.78 is 8.10. The first-order chi connectivity index (χ1) is 11.1. The molecule has 1 amide bonds. The molecule has 0 unspecified atom stereocenters. The zero-order valence-electron chi connectivity index (χ0n) is 13.9. The second-order valence-corrected chi connectivity index (χ2v) is 7.42. The molecule has 126 valence electrons. The second kappa shape index (κ2) is 5.91. The number of likely N-dealkylation sites (tertiary alicyclic amines) is 1. The molecule has 0 radical (unpaired) electrons. The van der Waals surface area contributed by atoms with Gasteiger partial charge < -0.3 is 14.2 Å². The molecule has 1 aromatic rings. The molecule has 0 N–H and O–H groups in total. The normalized spacial score (nSPS) is 25.3. The highest BCUT2D eigenvalue weighted by molar-refractivity contribution is 5.78. The second-order valence-electron chi connectivity index (χ2n) is 7.42. The maximum atomic E-state index is 12.1. The molecule has 1 aromatic heterocycles. The summed E-state index contributed by atoms with van der Waals surface area (Å²) in [7, 11) is 2.04. The van der Waals surface area contributed by atoms with Crippen molar-refractivity contribution >= 4 is 5.91 Å². The molecule has 0 atom stereocenters. The molecule has 6 nitrogen and oxygen atoms in total. The fourth-order valence-electron chi connectivity index (χ4n) is 3.74. The summed E-state index contributed by atoms with van der Waals surface area (Å²) in [5.41, 5.74) is -0.110. The zero-order chi connectivity index (χ0) is 15.9. The van der Waals surface area contributed by atoms with E-state index in [0.717, 1.165) is 57.3 Å². The number of nitrogens with zero attached hydrogens (tertiary/aromatic N) is 4. The fourth-order valence-corrected chi connectivity index (χ4v) is 3.74. The van der Waals surface area contributed by atoms with Crippen LogP contribution in [0.3, 0.4) is 0 Å². The van der Waals surface area contributed by atoms with Gasteiger partial charge in [-0.05, 0) is 31.6 Å². The Balaban J connectivity index is 1.34. The molecule has 23 heavy (non-hydrogen) atoms. The van der Waals surface area contributed by atoms with Gasteiger partial charge in [-0.1, -0.05) is 0 Å². The molecule has 3 heterocycles. The van der Waals surface area contributed by atoms with Gasteiger partial charge in [-0.2, -0.15) is 0 Å². The Labute approximate surface area is 137 Å². The molecule has 1 aliphatic carbocycles. The van der Waals surface area contributed by atoms with E-state index >= 15 is 0 Å². The Kier molecular flexibility index (Phi) is 3.89. The standard InChI is InChI=1S/C17H26N4O2/c1-19-9-6-18-15(19)11-20-7-4-17(5-8-20)13-21(10-14-2-3-14)16(22)12-23-17/h6,9,14H,2-5,7-8,10-13H2,1H3. The third-order valence-corrected chi connectivity index (χ3v) is 5.56. The van der Waals surface area contributed by atoms with Crippen LogP contribution in [-0.2, 0) is 23.1 Å². The number of carbonyl (C=O) groups is 1. The minimum absolute atomic E-state index is 0.110. The molecular formula is C17H26N4O2. The van der Waals surface area contributed by atoms with Crippen molar-refractivity contribution in [2.75, 3.05) is 32.8 Å². The first-order valence-electron chi connectivity index (χ1n) is 8.74. The summed E-state index contributed by atoms with van der Waals surface area (Å²) in [6.45, 7) is 4.92. The highest BCUT2D eigenvalue weighted by Crippen LogP contribution is 2.34. The molecule has 4 rings (SSSR count). The number of carbonyl (C=O) groups excluding carboxylic acids is 1. The Hall–Kier alpha value is -1.40. The molecule has 1 saturated carbocycles. The lowest BCUT2D eigenvalue weighted by atomic mass is 9.89. The van der Waals surface area contributed by atoms with Gasteiger partial charge in [0.05, 0.1) is 12.1 Å². The summed E-state index contributed by atoms with van der Waals surface area (Å²) in [6.07, 6.45) is 8.43. The van der Waals surface area contributed by atoms with Crippen LogP contribution in [0.2, 0.25) is 0 Å². The van der Waals surface area contributed by atoms with Crippen LogP contribution < -0.4 is 0 Å². The molecule has 2 saturated heterocycles. The number of morpholine rings is 1. The van der Waals surface area contributed by atoms with Crippen LogP contribution in [0.25, 0.3) is 0 Å². The van der Waals surface area contributed by atoms with Gasteiger partial charge in [-0.15, -0.1) is 0 Å². The molecule has 3 aliphatic rings. The van der Waals surface area contributed by atoms with Crippen molar-refractivity contribution in [2.45, 2.75) is 37.8 Å². The van der Waals surface area contributed by atoms with Gasteiger partial charge in [-0.3, -0.25) is 9.69 Å². The highest BCUT2D eigenvalue weighted by atomic mass is 16.5. The topological polar surface area (TPSA) is 50.6 Å². The van der Waals surface area contributed by atoms with Crippen molar-refractivity contribution in [3.05, 3.63) is 18.2 Å². The van der Waals surface area contributed by atoms with Crippen LogP contribution in [0, 0.1) is 5.92 Å². The number of piperidine rings is 1. The Morgan fingerprint density at radius 3 is 2.78 bits per heavy atom. The Morgan fingerprint density at radius 2 is 2.13 bits per heavy atom. The minimum atomic E-state index is -0.110. The number of imidazole rings is 1. The number of aryl methyl sites for hydroxylation is 1. The van der Waals surface area contributed by atoms with E-state index in [2.05, 4.69) is 19.4 Å². The maximum Gasteiger partial charge on any atom is 0.248 e. The highest BCUT2D eigenvalue weighted by Gasteiger charge is 2.43. The van der Waals surface area contributed by atoms with E-state index in [0.29, 0.717) is 0 Å². The van der Waals surface area contributed by atoms with Gasteiger partial charge in [0.15, 0.2) is 0 Å². The quantitative estimate of drug-likeness (QED) is 0.832. The van der Waals surface area contributed by atoms with E-state index in [9.17, 15) is 4.79 Å². The van der Waals surface area contributed by atoms with Crippen molar-refractivity contribution in [2.24, 2.45) is 13.0 Å². The minimum Gasteiger partial charge on any atom is -0.363 e. The van der Waals surface area contributed by atoms with Gasteiger partial charge >= 0.3 is 0 Å². The predicted molar refractivity (Wildman–Crippen MR) is 85.7 cm³/mol. The van der Waals surface area contributed by atoms with E-state index in [1.807, 2.05) is 19.4 Å². The van der Waals surface area contributed by atoms with E-state index in [-0.39, 0.29) is 18.1 Å². The lowest BCUT2D eigenvalue weighted by Crippen LogP contribution is -2.59. The van der Waals surface area contributed by atoms with Crippen molar-refractivity contribution in [3.63, 3.8) is 0 Å². The monoisotopic (exact) mass is 318 g/mol. The van der Waals surface area contributed by atoms with Gasteiger partial charge in [0.1, 0.15) is 12.4 Å². The fraction of sp³-hybridized carbons (Fsp3) is 0.765. The van der Waals surface area contributed by atoms with Crippen LogP contribution >= 0.6 is 0 Å². The largest absolute Gasteiger partial charge is 0.363 e. The summed E-state index contributed by atoms with van der Waals surface area (Å²) in [4.78, 5) is 21.0. The van der Waals surface area contributed by atoms with Crippen molar-refractivity contribution in [1.29, 1.82) is 0 Å². The number of aromatic nitrogens is 2. The number of ether oxygens (including phenoxy) is 1. The molecule has 0 aromatic carbocycles. The Morgan fingerprint density at radius 1 is 1.35 bits per heavy atom. The maximum absolute atomic E-state index is 12.1. The lowest BCUT2D eigenvalue weighted by Gasteiger charge is -2.47. The summed E-state index contributed by atoms with van der Waals surface area (Å²) in [6, 6.07) is 0. The first-order valence-corrected chi connectivity index (χ1v) is 8.74. The number of hydrogen-bond acceptors (Lipinski definition) is 4. The molecule has 0 bridgehead atoms. The third kappa shape index (κ3) is 3.28.